The van der Waals surface area contributed by atoms with Gasteiger partial charge in [0.25, 0.3) is 10.0 Å². The largest absolute Gasteiger partial charge is 0.573 e. The molecule has 4 aromatic carbocycles. The predicted molar refractivity (Wildman–Crippen MR) is 139 cm³/mol. The van der Waals surface area contributed by atoms with Gasteiger partial charge in [0.05, 0.1) is 9.79 Å². The van der Waals surface area contributed by atoms with Crippen LogP contribution in [0.1, 0.15) is 27.0 Å². The van der Waals surface area contributed by atoms with Crippen LogP contribution in [-0.4, -0.2) is 22.6 Å². The van der Waals surface area contributed by atoms with Gasteiger partial charge in [-0.1, -0.05) is 59.7 Å². The molecule has 9 heteroatoms. The van der Waals surface area contributed by atoms with E-state index in [1.165, 1.54) is 24.3 Å². The van der Waals surface area contributed by atoms with Gasteiger partial charge in [-0.05, 0) is 61.4 Å². The van der Waals surface area contributed by atoms with Gasteiger partial charge in [0, 0.05) is 16.8 Å². The minimum Gasteiger partial charge on any atom is -0.573 e. The Morgan fingerprint density at radius 1 is 0.611 bits per heavy atom. The van der Waals surface area contributed by atoms with Crippen molar-refractivity contribution in [1.82, 2.24) is 0 Å². The maximum atomic E-state index is 13.2. The lowest BCUT2D eigenvalue weighted by molar-refractivity contribution is 0.104. The fourth-order valence-corrected chi connectivity index (χ4v) is 6.09. The van der Waals surface area contributed by atoms with E-state index in [0.29, 0.717) is 16.8 Å². The van der Waals surface area contributed by atoms with Crippen molar-refractivity contribution in [2.45, 2.75) is 23.6 Å². The van der Waals surface area contributed by atoms with Gasteiger partial charge in [-0.2, -0.15) is 0 Å². The molecular formula is C27H21N2O5S2-. The van der Waals surface area contributed by atoms with Crippen LogP contribution in [0.2, 0.25) is 0 Å². The van der Waals surface area contributed by atoms with Crippen molar-refractivity contribution in [3.05, 3.63) is 112 Å². The Morgan fingerprint density at radius 3 is 1.69 bits per heavy atom. The molecule has 4 aromatic rings. The molecule has 0 spiro atoms. The summed E-state index contributed by atoms with van der Waals surface area (Å²) in [5, 5.41) is 0. The molecule has 0 saturated carbocycles. The lowest BCUT2D eigenvalue weighted by atomic mass is 10.1. The zero-order valence-electron chi connectivity index (χ0n) is 19.4. The van der Waals surface area contributed by atoms with Crippen LogP contribution in [0, 0.1) is 13.8 Å². The number of anilines is 1. The highest BCUT2D eigenvalue weighted by atomic mass is 32.2. The molecule has 0 aromatic heterocycles. The number of carbonyl (C=O) groups is 1. The SMILES string of the molecule is Cc1ccc([N-]S(=O)(=O)c2ccc3c(c2)C(=O)c2cc(S(=O)(=O)Nc4ccc(C)cc4)ccc2-3)cc1. The molecule has 5 rings (SSSR count). The average molecular weight is 518 g/mol. The molecule has 0 radical (unpaired) electrons. The van der Waals surface area contributed by atoms with Crippen LogP contribution in [-0.2, 0) is 20.0 Å². The fourth-order valence-electron chi connectivity index (χ4n) is 4.00. The molecule has 0 amide bonds. The van der Waals surface area contributed by atoms with E-state index in [1.54, 1.807) is 60.7 Å². The first-order chi connectivity index (χ1) is 17.0. The highest BCUT2D eigenvalue weighted by Crippen LogP contribution is 2.40. The van der Waals surface area contributed by atoms with E-state index in [9.17, 15) is 21.6 Å². The maximum Gasteiger partial charge on any atom is 0.261 e. The molecule has 0 heterocycles. The van der Waals surface area contributed by atoms with Crippen molar-refractivity contribution in [3.63, 3.8) is 0 Å². The molecule has 0 bridgehead atoms. The Hall–Kier alpha value is -3.95. The van der Waals surface area contributed by atoms with E-state index in [2.05, 4.69) is 9.44 Å². The summed E-state index contributed by atoms with van der Waals surface area (Å²) in [5.74, 6) is -0.445. The highest BCUT2D eigenvalue weighted by molar-refractivity contribution is 7.94. The summed E-state index contributed by atoms with van der Waals surface area (Å²) in [6, 6.07) is 22.2. The van der Waals surface area contributed by atoms with Crippen LogP contribution >= 0.6 is 0 Å². The van der Waals surface area contributed by atoms with Gasteiger partial charge < -0.3 is 4.72 Å². The number of carbonyl (C=O) groups excluding carboxylic acids is 1. The molecule has 0 aliphatic heterocycles. The van der Waals surface area contributed by atoms with Gasteiger partial charge in [-0.25, -0.2) is 16.8 Å². The molecular weight excluding hydrogens is 496 g/mol. The summed E-state index contributed by atoms with van der Waals surface area (Å²) in [6.07, 6.45) is 0. The first-order valence-corrected chi connectivity index (χ1v) is 13.9. The lowest BCUT2D eigenvalue weighted by Crippen LogP contribution is -2.13. The number of ketones is 1. The molecule has 0 fully saturated rings. The summed E-state index contributed by atoms with van der Waals surface area (Å²) >= 11 is 0. The number of benzene rings is 4. The third-order valence-corrected chi connectivity index (χ3v) is 8.61. The Kier molecular flexibility index (Phi) is 5.69. The average Bonchev–Trinajstić information content (AvgIpc) is 3.13. The minimum absolute atomic E-state index is 0.0646. The predicted octanol–water partition coefficient (Wildman–Crippen LogP) is 5.71. The van der Waals surface area contributed by atoms with Crippen molar-refractivity contribution < 1.29 is 21.6 Å². The smallest absolute Gasteiger partial charge is 0.261 e. The van der Waals surface area contributed by atoms with E-state index in [1.807, 2.05) is 13.8 Å². The standard InChI is InChI=1S/C27H21N2O5S2/c1-17-3-7-19(8-4-17)28-35(31,32)21-11-13-23-24-14-12-22(16-26(24)27(30)25(23)15-21)36(33,34)29-20-9-5-18(2)6-10-20/h3-16,28H,1-2H3/q-1. The zero-order valence-corrected chi connectivity index (χ0v) is 21.0. The number of fused-ring (bicyclic) bond motifs is 3. The lowest BCUT2D eigenvalue weighted by Gasteiger charge is -2.22. The van der Waals surface area contributed by atoms with E-state index in [-0.39, 0.29) is 26.6 Å². The van der Waals surface area contributed by atoms with Crippen LogP contribution in [0.4, 0.5) is 11.4 Å². The first kappa shape index (κ1) is 23.8. The van der Waals surface area contributed by atoms with Crippen LogP contribution in [0.5, 0.6) is 0 Å². The Bertz CT molecular complexity index is 1600. The second-order valence-corrected chi connectivity index (χ2v) is 11.9. The van der Waals surface area contributed by atoms with E-state index >= 15 is 0 Å². The topological polar surface area (TPSA) is 111 Å². The minimum atomic E-state index is -4.06. The third kappa shape index (κ3) is 4.38. The van der Waals surface area contributed by atoms with Crippen molar-refractivity contribution in [2.75, 3.05) is 4.72 Å². The first-order valence-electron chi connectivity index (χ1n) is 11.0. The van der Waals surface area contributed by atoms with Gasteiger partial charge in [0.1, 0.15) is 10.0 Å². The van der Waals surface area contributed by atoms with Gasteiger partial charge in [-0.3, -0.25) is 9.52 Å². The third-order valence-electron chi connectivity index (χ3n) is 5.93. The normalized spacial score (nSPS) is 12.7. The van der Waals surface area contributed by atoms with Gasteiger partial charge in [0.15, 0.2) is 5.78 Å². The number of rotatable bonds is 6. The second-order valence-electron chi connectivity index (χ2n) is 8.62. The van der Waals surface area contributed by atoms with Crippen molar-refractivity contribution in [2.24, 2.45) is 0 Å². The number of hydrogen-bond acceptors (Lipinski definition) is 5. The van der Waals surface area contributed by atoms with E-state index in [0.717, 1.165) is 11.1 Å². The molecule has 7 nitrogen and oxygen atoms in total. The molecule has 0 unspecified atom stereocenters. The number of nitrogens with one attached hydrogen (secondary N) is 1. The van der Waals surface area contributed by atoms with Crippen LogP contribution in [0.3, 0.4) is 0 Å². The van der Waals surface area contributed by atoms with Gasteiger partial charge in [0.2, 0.25) is 0 Å². The Morgan fingerprint density at radius 2 is 1.11 bits per heavy atom. The maximum absolute atomic E-state index is 13.2. The van der Waals surface area contributed by atoms with Crippen molar-refractivity contribution >= 4 is 37.2 Å². The summed E-state index contributed by atoms with van der Waals surface area (Å²) in [5.41, 5.74) is 4.13. The Balaban J connectivity index is 1.45. The van der Waals surface area contributed by atoms with Crippen LogP contribution < -0.4 is 4.72 Å². The molecule has 0 saturated heterocycles. The van der Waals surface area contributed by atoms with Gasteiger partial charge >= 0.3 is 0 Å². The summed E-state index contributed by atoms with van der Waals surface area (Å²) < 4.78 is 58.0. The molecule has 1 N–H and O–H groups in total. The monoisotopic (exact) mass is 517 g/mol. The zero-order chi connectivity index (χ0) is 25.7. The molecule has 36 heavy (non-hydrogen) atoms. The highest BCUT2D eigenvalue weighted by Gasteiger charge is 2.29. The van der Waals surface area contributed by atoms with Crippen LogP contribution in [0.25, 0.3) is 15.8 Å². The van der Waals surface area contributed by atoms with Crippen molar-refractivity contribution in [3.8, 4) is 11.1 Å². The number of nitrogens with zero attached hydrogens (tertiary/aromatic N) is 1. The van der Waals surface area contributed by atoms with Crippen molar-refractivity contribution in [1.29, 1.82) is 0 Å². The van der Waals surface area contributed by atoms with Gasteiger partial charge in [-0.15, -0.1) is 5.69 Å². The summed E-state index contributed by atoms with van der Waals surface area (Å²) in [4.78, 5) is 13.0. The quantitative estimate of drug-likeness (QED) is 0.310. The second kappa shape index (κ2) is 8.61. The molecule has 1 aliphatic carbocycles. The molecule has 0 atom stereocenters. The number of aryl methyl sites for hydroxylation is 2. The van der Waals surface area contributed by atoms with E-state index in [4.69, 9.17) is 0 Å². The molecule has 182 valence electrons. The summed E-state index contributed by atoms with van der Waals surface area (Å²) in [7, 11) is -8.00. The number of hydrogen-bond donors (Lipinski definition) is 1. The fraction of sp³-hybridized carbons (Fsp3) is 0.0741. The van der Waals surface area contributed by atoms with E-state index < -0.39 is 25.8 Å². The number of sulfonamides is 2. The summed E-state index contributed by atoms with van der Waals surface area (Å²) in [6.45, 7) is 3.78. The van der Waals surface area contributed by atoms with Crippen LogP contribution in [0.15, 0.2) is 94.7 Å². The molecule has 1 aliphatic rings. The Labute approximate surface area is 209 Å².